The van der Waals surface area contributed by atoms with E-state index in [0.29, 0.717) is 13.0 Å². The topological polar surface area (TPSA) is 49.3 Å². The lowest BCUT2D eigenvalue weighted by Gasteiger charge is -2.03. The van der Waals surface area contributed by atoms with Crippen molar-refractivity contribution in [3.05, 3.63) is 12.2 Å². The van der Waals surface area contributed by atoms with Gasteiger partial charge in [-0.15, -0.1) is 0 Å². The molecule has 0 aromatic heterocycles. The van der Waals surface area contributed by atoms with E-state index in [4.69, 9.17) is 5.11 Å². The van der Waals surface area contributed by atoms with E-state index in [1.54, 1.807) is 0 Å². The smallest absolute Gasteiger partial charge is 0.220 e. The average molecular weight is 340 g/mol. The van der Waals surface area contributed by atoms with Gasteiger partial charge in [0, 0.05) is 13.0 Å². The highest BCUT2D eigenvalue weighted by atomic mass is 16.3. The van der Waals surface area contributed by atoms with Crippen LogP contribution in [0.2, 0.25) is 0 Å². The van der Waals surface area contributed by atoms with Crippen LogP contribution in [0.15, 0.2) is 12.2 Å². The largest absolute Gasteiger partial charge is 0.395 e. The van der Waals surface area contributed by atoms with E-state index in [2.05, 4.69) is 24.4 Å². The van der Waals surface area contributed by atoms with Gasteiger partial charge in [-0.1, -0.05) is 76.9 Å². The van der Waals surface area contributed by atoms with Crippen molar-refractivity contribution in [3.63, 3.8) is 0 Å². The molecule has 0 aromatic carbocycles. The van der Waals surface area contributed by atoms with Gasteiger partial charge < -0.3 is 10.4 Å². The van der Waals surface area contributed by atoms with Crippen LogP contribution in [0, 0.1) is 0 Å². The SMILES string of the molecule is CCCCCCCCC/C=C\CCCCCCCC(=O)NCCO. The Kier molecular flexibility index (Phi) is 19.5. The summed E-state index contributed by atoms with van der Waals surface area (Å²) in [4.78, 5) is 11.3. The minimum Gasteiger partial charge on any atom is -0.395 e. The summed E-state index contributed by atoms with van der Waals surface area (Å²) in [7, 11) is 0. The van der Waals surface area contributed by atoms with Crippen LogP contribution in [0.4, 0.5) is 0 Å². The summed E-state index contributed by atoms with van der Waals surface area (Å²) in [5, 5.41) is 11.3. The van der Waals surface area contributed by atoms with Crippen molar-refractivity contribution in [1.29, 1.82) is 0 Å². The molecule has 0 saturated carbocycles. The molecule has 0 unspecified atom stereocenters. The molecule has 0 aromatic rings. The average Bonchev–Trinajstić information content (AvgIpc) is 2.59. The third-order valence-corrected chi connectivity index (χ3v) is 4.35. The van der Waals surface area contributed by atoms with Crippen LogP contribution in [0.1, 0.15) is 103 Å². The Morgan fingerprint density at radius 1 is 0.792 bits per heavy atom. The maximum atomic E-state index is 11.3. The summed E-state index contributed by atoms with van der Waals surface area (Å²) >= 11 is 0. The number of carbonyl (C=O) groups excluding carboxylic acids is 1. The first-order chi connectivity index (χ1) is 11.8. The van der Waals surface area contributed by atoms with Gasteiger partial charge >= 0.3 is 0 Å². The van der Waals surface area contributed by atoms with E-state index in [-0.39, 0.29) is 12.5 Å². The molecular weight excluding hydrogens is 298 g/mol. The number of hydrogen-bond donors (Lipinski definition) is 2. The number of allylic oxidation sites excluding steroid dienone is 2. The van der Waals surface area contributed by atoms with Crippen LogP contribution < -0.4 is 5.32 Å². The zero-order valence-corrected chi connectivity index (χ0v) is 16.0. The lowest BCUT2D eigenvalue weighted by atomic mass is 10.1. The quantitative estimate of drug-likeness (QED) is 0.255. The summed E-state index contributed by atoms with van der Waals surface area (Å²) < 4.78 is 0. The Labute approximate surface area is 150 Å². The predicted octanol–water partition coefficient (Wildman–Crippen LogP) is 5.52. The molecule has 0 fully saturated rings. The molecule has 3 heteroatoms. The highest BCUT2D eigenvalue weighted by molar-refractivity contribution is 5.75. The number of unbranched alkanes of at least 4 members (excludes halogenated alkanes) is 12. The summed E-state index contributed by atoms with van der Waals surface area (Å²) in [6.07, 6.45) is 23.3. The van der Waals surface area contributed by atoms with Crippen molar-refractivity contribution >= 4 is 5.91 Å². The molecule has 0 heterocycles. The van der Waals surface area contributed by atoms with Gasteiger partial charge in [0.2, 0.25) is 5.91 Å². The lowest BCUT2D eigenvalue weighted by Crippen LogP contribution is -2.25. The van der Waals surface area contributed by atoms with E-state index < -0.39 is 0 Å². The van der Waals surface area contributed by atoms with Crippen molar-refractivity contribution < 1.29 is 9.90 Å². The lowest BCUT2D eigenvalue weighted by molar-refractivity contribution is -0.121. The minimum atomic E-state index is 0.0260. The number of aliphatic hydroxyl groups is 1. The minimum absolute atomic E-state index is 0.0260. The van der Waals surface area contributed by atoms with Crippen LogP contribution in [-0.2, 0) is 4.79 Å². The fourth-order valence-corrected chi connectivity index (χ4v) is 2.82. The number of aliphatic hydroxyl groups excluding tert-OH is 1. The van der Waals surface area contributed by atoms with Gasteiger partial charge in [-0.05, 0) is 32.1 Å². The molecule has 0 aliphatic carbocycles. The van der Waals surface area contributed by atoms with Crippen molar-refractivity contribution in [2.24, 2.45) is 0 Å². The van der Waals surface area contributed by atoms with E-state index in [9.17, 15) is 4.79 Å². The fourth-order valence-electron chi connectivity index (χ4n) is 2.82. The van der Waals surface area contributed by atoms with Gasteiger partial charge in [0.1, 0.15) is 0 Å². The molecule has 142 valence electrons. The third-order valence-electron chi connectivity index (χ3n) is 4.35. The van der Waals surface area contributed by atoms with Crippen molar-refractivity contribution in [2.75, 3.05) is 13.2 Å². The molecule has 0 radical (unpaired) electrons. The van der Waals surface area contributed by atoms with E-state index >= 15 is 0 Å². The second kappa shape index (κ2) is 20.2. The van der Waals surface area contributed by atoms with Gasteiger partial charge in [0.05, 0.1) is 6.61 Å². The second-order valence-electron chi connectivity index (χ2n) is 6.76. The zero-order valence-electron chi connectivity index (χ0n) is 16.0. The predicted molar refractivity (Wildman–Crippen MR) is 104 cm³/mol. The number of rotatable bonds is 18. The second-order valence-corrected chi connectivity index (χ2v) is 6.76. The van der Waals surface area contributed by atoms with Gasteiger partial charge in [-0.3, -0.25) is 4.79 Å². The van der Waals surface area contributed by atoms with Gasteiger partial charge in [-0.2, -0.15) is 0 Å². The zero-order chi connectivity index (χ0) is 17.7. The molecule has 0 rings (SSSR count). The fraction of sp³-hybridized carbons (Fsp3) is 0.857. The van der Waals surface area contributed by atoms with Gasteiger partial charge in [0.25, 0.3) is 0 Å². The van der Waals surface area contributed by atoms with E-state index in [0.717, 1.165) is 12.8 Å². The molecule has 0 aliphatic rings. The normalized spacial score (nSPS) is 11.2. The van der Waals surface area contributed by atoms with E-state index in [1.807, 2.05) is 0 Å². The number of hydrogen-bond acceptors (Lipinski definition) is 2. The van der Waals surface area contributed by atoms with Crippen LogP contribution >= 0.6 is 0 Å². The van der Waals surface area contributed by atoms with Gasteiger partial charge in [0.15, 0.2) is 0 Å². The maximum Gasteiger partial charge on any atom is 0.220 e. The number of nitrogens with one attached hydrogen (secondary N) is 1. The molecule has 0 bridgehead atoms. The molecule has 1 amide bonds. The van der Waals surface area contributed by atoms with E-state index in [1.165, 1.54) is 77.0 Å². The first-order valence-corrected chi connectivity index (χ1v) is 10.3. The molecule has 2 N–H and O–H groups in total. The Hall–Kier alpha value is -0.830. The standard InChI is InChI=1S/C21H41NO2/c1-2-3-4-5-6-7-8-9-10-11-12-13-14-15-16-17-18-21(24)22-19-20-23/h10-11,23H,2-9,12-20H2,1H3,(H,22,24)/b11-10-. The molecule has 3 nitrogen and oxygen atoms in total. The van der Waals surface area contributed by atoms with Crippen LogP contribution in [0.3, 0.4) is 0 Å². The van der Waals surface area contributed by atoms with Crippen LogP contribution in [0.5, 0.6) is 0 Å². The van der Waals surface area contributed by atoms with Gasteiger partial charge in [-0.25, -0.2) is 0 Å². The monoisotopic (exact) mass is 339 g/mol. The summed E-state index contributed by atoms with van der Waals surface area (Å²) in [5.41, 5.74) is 0. The third kappa shape index (κ3) is 19.2. The molecule has 24 heavy (non-hydrogen) atoms. The highest BCUT2D eigenvalue weighted by Crippen LogP contribution is 2.10. The molecular formula is C21H41NO2. The van der Waals surface area contributed by atoms with Crippen molar-refractivity contribution in [2.45, 2.75) is 103 Å². The van der Waals surface area contributed by atoms with Crippen molar-refractivity contribution in [1.82, 2.24) is 5.32 Å². The Balaban J connectivity index is 3.14. The van der Waals surface area contributed by atoms with Crippen LogP contribution in [0.25, 0.3) is 0 Å². The first-order valence-electron chi connectivity index (χ1n) is 10.3. The molecule has 0 atom stereocenters. The summed E-state index contributed by atoms with van der Waals surface area (Å²) in [6.45, 7) is 2.67. The van der Waals surface area contributed by atoms with Crippen LogP contribution in [-0.4, -0.2) is 24.2 Å². The first kappa shape index (κ1) is 23.2. The number of amides is 1. The maximum absolute atomic E-state index is 11.3. The Morgan fingerprint density at radius 2 is 1.29 bits per heavy atom. The highest BCUT2D eigenvalue weighted by Gasteiger charge is 1.99. The molecule has 0 saturated heterocycles. The van der Waals surface area contributed by atoms with Crippen molar-refractivity contribution in [3.8, 4) is 0 Å². The molecule has 0 spiro atoms. The number of carbonyl (C=O) groups is 1. The Bertz CT molecular complexity index is 290. The molecule has 0 aliphatic heterocycles. The summed E-state index contributed by atoms with van der Waals surface area (Å²) in [5.74, 6) is 0.0670. The Morgan fingerprint density at radius 3 is 1.83 bits per heavy atom. The summed E-state index contributed by atoms with van der Waals surface area (Å²) in [6, 6.07) is 0.